The number of rotatable bonds is 6. The molecule has 1 amide bonds. The highest BCUT2D eigenvalue weighted by Gasteiger charge is 2.15. The van der Waals surface area contributed by atoms with E-state index in [2.05, 4.69) is 10.3 Å². The second-order valence-electron chi connectivity index (χ2n) is 5.79. The number of thioether (sulfide) groups is 1. The van der Waals surface area contributed by atoms with E-state index in [0.717, 1.165) is 10.8 Å². The zero-order valence-corrected chi connectivity index (χ0v) is 15.4. The van der Waals surface area contributed by atoms with Crippen molar-refractivity contribution in [2.24, 2.45) is 0 Å². The number of aromatic nitrogens is 1. The van der Waals surface area contributed by atoms with E-state index in [9.17, 15) is 14.7 Å². The van der Waals surface area contributed by atoms with Gasteiger partial charge >= 0.3 is 5.97 Å². The van der Waals surface area contributed by atoms with Gasteiger partial charge in [-0.2, -0.15) is 5.26 Å². The Labute approximate surface area is 165 Å². The number of carboxylic acid groups (broad SMARTS) is 1. The molecule has 138 valence electrons. The minimum absolute atomic E-state index is 0.124. The number of carbonyl (C=O) groups is 2. The molecule has 1 aromatic heterocycles. The van der Waals surface area contributed by atoms with Crippen molar-refractivity contribution in [3.63, 3.8) is 0 Å². The predicted molar refractivity (Wildman–Crippen MR) is 106 cm³/mol. The molecule has 7 heteroatoms. The normalized spacial score (nSPS) is 10.1. The van der Waals surface area contributed by atoms with Gasteiger partial charge in [-0.3, -0.25) is 4.79 Å². The van der Waals surface area contributed by atoms with Gasteiger partial charge in [0, 0.05) is 11.9 Å². The lowest BCUT2D eigenvalue weighted by Gasteiger charge is -2.09. The molecule has 0 spiro atoms. The van der Waals surface area contributed by atoms with E-state index in [-0.39, 0.29) is 16.8 Å². The van der Waals surface area contributed by atoms with Crippen LogP contribution in [-0.4, -0.2) is 22.0 Å². The van der Waals surface area contributed by atoms with Gasteiger partial charge in [-0.15, -0.1) is 11.8 Å². The lowest BCUT2D eigenvalue weighted by Crippen LogP contribution is -2.15. The number of carbonyl (C=O) groups excluding carboxylic acids is 1. The minimum Gasteiger partial charge on any atom is -0.478 e. The summed E-state index contributed by atoms with van der Waals surface area (Å²) in [7, 11) is 0. The topological polar surface area (TPSA) is 103 Å². The molecule has 0 saturated heterocycles. The number of carboxylic acids is 1. The molecule has 1 heterocycles. The van der Waals surface area contributed by atoms with E-state index in [4.69, 9.17) is 5.26 Å². The SMILES string of the molecule is N#Cc1ccc(NC(=O)c2ccc(SCc3ccccc3)nc2)c(C(=O)O)c1. The number of hydrogen-bond acceptors (Lipinski definition) is 5. The van der Waals surface area contributed by atoms with Gasteiger partial charge in [0.15, 0.2) is 0 Å². The highest BCUT2D eigenvalue weighted by Crippen LogP contribution is 2.22. The zero-order valence-electron chi connectivity index (χ0n) is 14.6. The third-order valence-electron chi connectivity index (χ3n) is 3.86. The van der Waals surface area contributed by atoms with E-state index in [1.807, 2.05) is 36.4 Å². The minimum atomic E-state index is -1.22. The van der Waals surface area contributed by atoms with Crippen LogP contribution in [0.4, 0.5) is 5.69 Å². The molecule has 28 heavy (non-hydrogen) atoms. The van der Waals surface area contributed by atoms with Crippen molar-refractivity contribution in [1.82, 2.24) is 4.98 Å². The Morgan fingerprint density at radius 1 is 1.11 bits per heavy atom. The molecule has 2 aromatic carbocycles. The Bertz CT molecular complexity index is 1040. The number of nitrogens with one attached hydrogen (secondary N) is 1. The largest absolute Gasteiger partial charge is 0.478 e. The molecule has 0 aliphatic rings. The average molecular weight is 389 g/mol. The zero-order chi connectivity index (χ0) is 19.9. The van der Waals surface area contributed by atoms with Gasteiger partial charge in [-0.05, 0) is 35.9 Å². The van der Waals surface area contributed by atoms with Gasteiger partial charge in [0.05, 0.1) is 33.5 Å². The molecule has 6 nitrogen and oxygen atoms in total. The van der Waals surface area contributed by atoms with Crippen molar-refractivity contribution in [3.8, 4) is 6.07 Å². The summed E-state index contributed by atoms with van der Waals surface area (Å²) in [6.07, 6.45) is 1.45. The van der Waals surface area contributed by atoms with Crippen LogP contribution >= 0.6 is 11.8 Å². The lowest BCUT2D eigenvalue weighted by molar-refractivity contribution is 0.0698. The molecule has 0 saturated carbocycles. The molecule has 0 fully saturated rings. The molecule has 0 aliphatic carbocycles. The number of amides is 1. The molecule has 0 radical (unpaired) electrons. The Kier molecular flexibility index (Phi) is 6.04. The number of nitrogens with zero attached hydrogens (tertiary/aromatic N) is 2. The van der Waals surface area contributed by atoms with Crippen molar-refractivity contribution >= 4 is 29.3 Å². The third kappa shape index (κ3) is 4.75. The second kappa shape index (κ2) is 8.84. The Hall–Kier alpha value is -3.63. The summed E-state index contributed by atoms with van der Waals surface area (Å²) in [5.41, 5.74) is 1.68. The summed E-state index contributed by atoms with van der Waals surface area (Å²) < 4.78 is 0. The first-order valence-electron chi connectivity index (χ1n) is 8.28. The second-order valence-corrected chi connectivity index (χ2v) is 6.79. The van der Waals surface area contributed by atoms with Gasteiger partial charge in [0.2, 0.25) is 0 Å². The number of pyridine rings is 1. The molecular weight excluding hydrogens is 374 g/mol. The van der Waals surface area contributed by atoms with E-state index >= 15 is 0 Å². The Morgan fingerprint density at radius 2 is 1.89 bits per heavy atom. The molecular formula is C21H15N3O3S. The molecule has 3 rings (SSSR count). The number of nitriles is 1. The molecule has 2 N–H and O–H groups in total. The summed E-state index contributed by atoms with van der Waals surface area (Å²) in [5.74, 6) is -0.926. The van der Waals surface area contributed by atoms with Crippen molar-refractivity contribution in [2.45, 2.75) is 10.8 Å². The highest BCUT2D eigenvalue weighted by atomic mass is 32.2. The molecule has 0 unspecified atom stereocenters. The fraction of sp³-hybridized carbons (Fsp3) is 0.0476. The van der Waals surface area contributed by atoms with Crippen LogP contribution in [0.1, 0.15) is 31.8 Å². The number of anilines is 1. The fourth-order valence-corrected chi connectivity index (χ4v) is 3.22. The number of hydrogen-bond donors (Lipinski definition) is 2. The van der Waals surface area contributed by atoms with Gasteiger partial charge in [-0.1, -0.05) is 30.3 Å². The number of aromatic carboxylic acids is 1. The molecule has 0 bridgehead atoms. The summed E-state index contributed by atoms with van der Waals surface area (Å²) in [5, 5.41) is 21.5. The van der Waals surface area contributed by atoms with Crippen LogP contribution in [0.25, 0.3) is 0 Å². The first-order valence-corrected chi connectivity index (χ1v) is 9.27. The first-order chi connectivity index (χ1) is 13.6. The van der Waals surface area contributed by atoms with Crippen LogP contribution in [0, 0.1) is 11.3 Å². The molecule has 0 atom stereocenters. The number of benzene rings is 2. The standard InChI is InChI=1S/C21H15N3O3S/c22-11-15-6-8-18(17(10-15)21(26)27)24-20(25)16-7-9-19(23-12-16)28-13-14-4-2-1-3-5-14/h1-10,12H,13H2,(H,24,25)(H,26,27). The first kappa shape index (κ1) is 19.1. The van der Waals surface area contributed by atoms with Crippen LogP contribution in [0.2, 0.25) is 0 Å². The van der Waals surface area contributed by atoms with Gasteiger partial charge < -0.3 is 10.4 Å². The van der Waals surface area contributed by atoms with E-state index in [0.29, 0.717) is 5.56 Å². The monoisotopic (exact) mass is 389 g/mol. The highest BCUT2D eigenvalue weighted by molar-refractivity contribution is 7.98. The van der Waals surface area contributed by atoms with Crippen molar-refractivity contribution in [3.05, 3.63) is 89.1 Å². The average Bonchev–Trinajstić information content (AvgIpc) is 2.73. The van der Waals surface area contributed by atoms with Crippen molar-refractivity contribution in [1.29, 1.82) is 5.26 Å². The van der Waals surface area contributed by atoms with E-state index in [1.165, 1.54) is 30.0 Å². The van der Waals surface area contributed by atoms with E-state index < -0.39 is 11.9 Å². The van der Waals surface area contributed by atoms with Crippen LogP contribution < -0.4 is 5.32 Å². The summed E-state index contributed by atoms with van der Waals surface area (Å²) >= 11 is 1.56. The molecule has 0 aliphatic heterocycles. The third-order valence-corrected chi connectivity index (χ3v) is 4.87. The van der Waals surface area contributed by atoms with Gasteiger partial charge in [-0.25, -0.2) is 9.78 Å². The van der Waals surface area contributed by atoms with Crippen LogP contribution in [0.5, 0.6) is 0 Å². The van der Waals surface area contributed by atoms with Crippen molar-refractivity contribution in [2.75, 3.05) is 5.32 Å². The quantitative estimate of drug-likeness (QED) is 0.613. The Morgan fingerprint density at radius 3 is 2.54 bits per heavy atom. The lowest BCUT2D eigenvalue weighted by atomic mass is 10.1. The summed E-state index contributed by atoms with van der Waals surface area (Å²) in [6, 6.07) is 19.3. The molecule has 3 aromatic rings. The van der Waals surface area contributed by atoms with Gasteiger partial charge in [0.1, 0.15) is 0 Å². The van der Waals surface area contributed by atoms with E-state index in [1.54, 1.807) is 23.9 Å². The maximum atomic E-state index is 12.4. The Balaban J connectivity index is 1.68. The fourth-order valence-electron chi connectivity index (χ4n) is 2.43. The maximum absolute atomic E-state index is 12.4. The van der Waals surface area contributed by atoms with Gasteiger partial charge in [0.25, 0.3) is 5.91 Å². The summed E-state index contributed by atoms with van der Waals surface area (Å²) in [4.78, 5) is 28.1. The predicted octanol–water partition coefficient (Wildman–Crippen LogP) is 4.20. The van der Waals surface area contributed by atoms with Crippen molar-refractivity contribution < 1.29 is 14.7 Å². The summed E-state index contributed by atoms with van der Waals surface area (Å²) in [6.45, 7) is 0. The maximum Gasteiger partial charge on any atom is 0.337 e. The van der Waals surface area contributed by atoms with Crippen LogP contribution in [0.3, 0.4) is 0 Å². The smallest absolute Gasteiger partial charge is 0.337 e. The van der Waals surface area contributed by atoms with Crippen LogP contribution in [-0.2, 0) is 5.75 Å². The van der Waals surface area contributed by atoms with Crippen LogP contribution in [0.15, 0.2) is 71.9 Å².